The van der Waals surface area contributed by atoms with Crippen LogP contribution in [0.2, 0.25) is 10.0 Å². The van der Waals surface area contributed by atoms with Gasteiger partial charge in [-0.05, 0) is 31.2 Å². The van der Waals surface area contributed by atoms with Gasteiger partial charge in [0, 0.05) is 11.9 Å². The zero-order valence-corrected chi connectivity index (χ0v) is 12.5. The molecule has 1 heterocycles. The van der Waals surface area contributed by atoms with Crippen LogP contribution in [0.25, 0.3) is 0 Å². The minimum Gasteiger partial charge on any atom is -0.505 e. The van der Waals surface area contributed by atoms with E-state index < -0.39 is 6.10 Å². The zero-order chi connectivity index (χ0) is 15.4. The molecule has 110 valence electrons. The zero-order valence-electron chi connectivity index (χ0n) is 11.0. The lowest BCUT2D eigenvalue weighted by molar-refractivity contribution is -0.122. The van der Waals surface area contributed by atoms with E-state index in [1.54, 1.807) is 25.3 Å². The Morgan fingerprint density at radius 3 is 2.62 bits per heavy atom. The molecule has 2 aromatic rings. The average Bonchev–Trinajstić information content (AvgIpc) is 2.45. The normalized spacial score (nSPS) is 11.8. The summed E-state index contributed by atoms with van der Waals surface area (Å²) in [5.74, 6) is -0.116. The maximum Gasteiger partial charge on any atom is 0.265 e. The molecule has 0 fully saturated rings. The molecule has 0 spiro atoms. The number of anilines is 1. The molecule has 5 nitrogen and oxygen atoms in total. The highest BCUT2D eigenvalue weighted by Gasteiger charge is 2.16. The van der Waals surface area contributed by atoms with Gasteiger partial charge in [0.25, 0.3) is 5.91 Å². The summed E-state index contributed by atoms with van der Waals surface area (Å²) in [5, 5.41) is 12.2. The van der Waals surface area contributed by atoms with E-state index in [0.29, 0.717) is 11.4 Å². The molecule has 1 unspecified atom stereocenters. The minimum absolute atomic E-state index is 0.0543. The van der Waals surface area contributed by atoms with Crippen molar-refractivity contribution in [3.05, 3.63) is 46.7 Å². The van der Waals surface area contributed by atoms with E-state index in [9.17, 15) is 9.90 Å². The van der Waals surface area contributed by atoms with E-state index in [0.717, 1.165) is 0 Å². The number of benzene rings is 1. The molecule has 0 radical (unpaired) electrons. The molecule has 0 saturated carbocycles. The monoisotopic (exact) mass is 326 g/mol. The predicted octanol–water partition coefficient (Wildman–Crippen LogP) is 3.50. The first-order chi connectivity index (χ1) is 9.97. The first-order valence-corrected chi connectivity index (χ1v) is 6.78. The van der Waals surface area contributed by atoms with E-state index in [1.165, 1.54) is 18.3 Å². The van der Waals surface area contributed by atoms with E-state index in [2.05, 4.69) is 10.3 Å². The second-order valence-electron chi connectivity index (χ2n) is 4.23. The number of pyridine rings is 1. The second-order valence-corrected chi connectivity index (χ2v) is 5.04. The number of nitrogens with zero attached hydrogens (tertiary/aromatic N) is 1. The van der Waals surface area contributed by atoms with Crippen LogP contribution in [0.4, 0.5) is 5.69 Å². The Kier molecular flexibility index (Phi) is 4.88. The van der Waals surface area contributed by atoms with Crippen LogP contribution in [0.3, 0.4) is 0 Å². The van der Waals surface area contributed by atoms with Gasteiger partial charge in [-0.25, -0.2) is 0 Å². The number of carbonyl (C=O) groups excluding carboxylic acids is 1. The second kappa shape index (κ2) is 6.65. The molecule has 1 amide bonds. The van der Waals surface area contributed by atoms with E-state index in [1.807, 2.05) is 0 Å². The summed E-state index contributed by atoms with van der Waals surface area (Å²) in [6.07, 6.45) is 2.39. The number of rotatable bonds is 4. The minimum atomic E-state index is -0.736. The fourth-order valence-corrected chi connectivity index (χ4v) is 2.04. The van der Waals surface area contributed by atoms with Gasteiger partial charge < -0.3 is 15.2 Å². The van der Waals surface area contributed by atoms with Gasteiger partial charge in [-0.1, -0.05) is 23.2 Å². The highest BCUT2D eigenvalue weighted by atomic mass is 35.5. The van der Waals surface area contributed by atoms with E-state index >= 15 is 0 Å². The number of carbonyl (C=O) groups is 1. The van der Waals surface area contributed by atoms with Crippen LogP contribution in [0.5, 0.6) is 11.5 Å². The van der Waals surface area contributed by atoms with Gasteiger partial charge in [-0.3, -0.25) is 9.78 Å². The van der Waals surface area contributed by atoms with Crippen molar-refractivity contribution in [3.63, 3.8) is 0 Å². The lowest BCUT2D eigenvalue weighted by Crippen LogP contribution is -2.30. The van der Waals surface area contributed by atoms with Crippen molar-refractivity contribution in [2.45, 2.75) is 13.0 Å². The molecule has 1 aromatic carbocycles. The Morgan fingerprint density at radius 1 is 1.38 bits per heavy atom. The van der Waals surface area contributed by atoms with Crippen LogP contribution in [-0.2, 0) is 4.79 Å². The Balaban J connectivity index is 2.04. The number of aromatic nitrogens is 1. The van der Waals surface area contributed by atoms with Crippen molar-refractivity contribution < 1.29 is 14.6 Å². The van der Waals surface area contributed by atoms with Crippen molar-refractivity contribution in [3.8, 4) is 11.5 Å². The summed E-state index contributed by atoms with van der Waals surface area (Å²) >= 11 is 11.6. The average molecular weight is 327 g/mol. The first-order valence-electron chi connectivity index (χ1n) is 6.03. The summed E-state index contributed by atoms with van der Waals surface area (Å²) in [7, 11) is 0. The fourth-order valence-electron chi connectivity index (χ4n) is 1.56. The van der Waals surface area contributed by atoms with Gasteiger partial charge in [0.15, 0.2) is 11.9 Å². The third-order valence-corrected chi connectivity index (χ3v) is 3.18. The fraction of sp³-hybridized carbons (Fsp3) is 0.143. The summed E-state index contributed by atoms with van der Waals surface area (Å²) in [4.78, 5) is 15.9. The molecule has 0 aliphatic heterocycles. The molecule has 0 aliphatic rings. The number of phenolic OH excluding ortho intramolecular Hbond substituents is 1. The molecular formula is C14H12Cl2N2O3. The quantitative estimate of drug-likeness (QED) is 0.843. The maximum atomic E-state index is 12.0. The number of halogens is 2. The molecule has 2 N–H and O–H groups in total. The number of aromatic hydroxyl groups is 1. The summed E-state index contributed by atoms with van der Waals surface area (Å²) in [6, 6.07) is 6.21. The summed E-state index contributed by atoms with van der Waals surface area (Å²) in [6.45, 7) is 1.60. The van der Waals surface area contributed by atoms with Crippen LogP contribution in [-0.4, -0.2) is 22.1 Å². The maximum absolute atomic E-state index is 12.0. The van der Waals surface area contributed by atoms with Crippen LogP contribution in [0, 0.1) is 0 Å². The van der Waals surface area contributed by atoms with Crippen molar-refractivity contribution >= 4 is 34.8 Å². The van der Waals surface area contributed by atoms with Crippen molar-refractivity contribution in [2.24, 2.45) is 0 Å². The smallest absolute Gasteiger partial charge is 0.265 e. The summed E-state index contributed by atoms with van der Waals surface area (Å²) < 4.78 is 5.44. The SMILES string of the molecule is CC(Oc1cccnc1)C(=O)Nc1cc(Cl)c(O)c(Cl)c1. The molecule has 0 aliphatic carbocycles. The van der Waals surface area contributed by atoms with E-state index in [-0.39, 0.29) is 21.7 Å². The van der Waals surface area contributed by atoms with Gasteiger partial charge in [-0.15, -0.1) is 0 Å². The number of hydrogen-bond acceptors (Lipinski definition) is 4. The molecule has 1 atom stereocenters. The van der Waals surface area contributed by atoms with Gasteiger partial charge >= 0.3 is 0 Å². The lowest BCUT2D eigenvalue weighted by Gasteiger charge is -2.15. The molecule has 1 aromatic heterocycles. The van der Waals surface area contributed by atoms with Gasteiger partial charge in [0.2, 0.25) is 0 Å². The van der Waals surface area contributed by atoms with Crippen molar-refractivity contribution in [1.29, 1.82) is 0 Å². The van der Waals surface area contributed by atoms with Gasteiger partial charge in [0.05, 0.1) is 16.2 Å². The number of nitrogens with one attached hydrogen (secondary N) is 1. The molecule has 2 rings (SSSR count). The standard InChI is InChI=1S/C14H12Cl2N2O3/c1-8(21-10-3-2-4-17-7-10)14(20)18-9-5-11(15)13(19)12(16)6-9/h2-8,19H,1H3,(H,18,20). The number of phenols is 1. The molecule has 7 heteroatoms. The Morgan fingerprint density at radius 2 is 2.05 bits per heavy atom. The third-order valence-electron chi connectivity index (χ3n) is 2.60. The molecule has 0 saturated heterocycles. The third kappa shape index (κ3) is 4.00. The van der Waals surface area contributed by atoms with Crippen LogP contribution >= 0.6 is 23.2 Å². The Labute approximate surface area is 131 Å². The highest BCUT2D eigenvalue weighted by molar-refractivity contribution is 6.37. The van der Waals surface area contributed by atoms with E-state index in [4.69, 9.17) is 27.9 Å². The van der Waals surface area contributed by atoms with Gasteiger partial charge in [-0.2, -0.15) is 0 Å². The predicted molar refractivity (Wildman–Crippen MR) is 81.1 cm³/mol. The van der Waals surface area contributed by atoms with Crippen LogP contribution < -0.4 is 10.1 Å². The first kappa shape index (κ1) is 15.4. The number of amides is 1. The molecular weight excluding hydrogens is 315 g/mol. The number of hydrogen-bond donors (Lipinski definition) is 2. The van der Waals surface area contributed by atoms with Crippen LogP contribution in [0.15, 0.2) is 36.7 Å². The topological polar surface area (TPSA) is 71.5 Å². The molecule has 21 heavy (non-hydrogen) atoms. The highest BCUT2D eigenvalue weighted by Crippen LogP contribution is 2.34. The van der Waals surface area contributed by atoms with Crippen molar-refractivity contribution in [2.75, 3.05) is 5.32 Å². The Hall–Kier alpha value is -1.98. The van der Waals surface area contributed by atoms with Crippen molar-refractivity contribution in [1.82, 2.24) is 4.98 Å². The summed E-state index contributed by atoms with van der Waals surface area (Å²) in [5.41, 5.74) is 0.370. The Bertz CT molecular complexity index is 627. The lowest BCUT2D eigenvalue weighted by atomic mass is 10.2. The van der Waals surface area contributed by atoms with Gasteiger partial charge in [0.1, 0.15) is 5.75 Å². The number of ether oxygens (including phenoxy) is 1. The van der Waals surface area contributed by atoms with Crippen LogP contribution in [0.1, 0.15) is 6.92 Å². The molecule has 0 bridgehead atoms. The largest absolute Gasteiger partial charge is 0.505 e.